The number of aromatic nitrogens is 1. The number of likely N-dealkylation sites (N-methyl/N-ethyl adjacent to an activating group) is 1. The van der Waals surface area contributed by atoms with Crippen molar-refractivity contribution in [3.05, 3.63) is 64.6 Å². The van der Waals surface area contributed by atoms with Gasteiger partial charge < -0.3 is 25.4 Å². The number of amides is 2. The van der Waals surface area contributed by atoms with Gasteiger partial charge in [-0.1, -0.05) is 97.9 Å². The molecule has 1 heterocycles. The number of nitrogens with two attached hydrogens (primary N) is 1. The zero-order chi connectivity index (χ0) is 35.3. The molecule has 2 amide bonds. The first-order chi connectivity index (χ1) is 22.2. The number of hydrogen-bond acceptors (Lipinski definition) is 9. The van der Waals surface area contributed by atoms with Crippen LogP contribution in [0.2, 0.25) is 0 Å². The highest BCUT2D eigenvalue weighted by atomic mass is 32.1. The number of esters is 2. The van der Waals surface area contributed by atoms with E-state index < -0.39 is 29.9 Å². The Morgan fingerprint density at radius 3 is 2.28 bits per heavy atom. The lowest BCUT2D eigenvalue weighted by Crippen LogP contribution is -2.51. The Kier molecular flexibility index (Phi) is 16.3. The molecule has 0 radical (unpaired) electrons. The van der Waals surface area contributed by atoms with Crippen molar-refractivity contribution in [3.63, 3.8) is 0 Å². The van der Waals surface area contributed by atoms with Gasteiger partial charge in [-0.25, -0.2) is 4.98 Å². The fraction of sp³-hybridized carbons (Fsp3) is 0.583. The zero-order valence-electron chi connectivity index (χ0n) is 29.2. The van der Waals surface area contributed by atoms with Gasteiger partial charge in [0.05, 0.1) is 17.9 Å². The van der Waals surface area contributed by atoms with Crippen molar-refractivity contribution in [1.29, 1.82) is 0 Å². The summed E-state index contributed by atoms with van der Waals surface area (Å²) >= 11 is 1.23. The third-order valence-electron chi connectivity index (χ3n) is 8.42. The van der Waals surface area contributed by atoms with Crippen molar-refractivity contribution in [3.8, 4) is 0 Å². The zero-order valence-corrected chi connectivity index (χ0v) is 30.0. The molecule has 0 aliphatic heterocycles. The van der Waals surface area contributed by atoms with Crippen LogP contribution >= 0.6 is 11.3 Å². The largest absolute Gasteiger partial charge is 0.461 e. The minimum Gasteiger partial charge on any atom is -0.461 e. The lowest BCUT2D eigenvalue weighted by molar-refractivity contribution is -0.155. The van der Waals surface area contributed by atoms with Crippen LogP contribution in [0.3, 0.4) is 0 Å². The number of nitrogens with zero attached hydrogens (tertiary/aromatic N) is 2. The Morgan fingerprint density at radius 1 is 1.04 bits per heavy atom. The molecule has 0 aliphatic rings. The molecule has 0 saturated heterocycles. The van der Waals surface area contributed by atoms with Gasteiger partial charge >= 0.3 is 11.9 Å². The minimum atomic E-state index is -0.779. The number of benzene rings is 1. The van der Waals surface area contributed by atoms with E-state index in [0.29, 0.717) is 24.3 Å². The Morgan fingerprint density at radius 2 is 1.70 bits per heavy atom. The monoisotopic (exact) mass is 670 g/mol. The van der Waals surface area contributed by atoms with Gasteiger partial charge in [-0.05, 0) is 30.2 Å². The maximum atomic E-state index is 13.6. The van der Waals surface area contributed by atoms with Gasteiger partial charge in [-0.2, -0.15) is 0 Å². The standard InChI is InChI=1S/C36H54N4O6S/c1-10-17-45-36(44)25(8)18-27(19-26-15-13-12-14-16-26)38-32(41)28-21-47-33(39-28)30(46-35(43)23(5)6)20-29(22(3)4)40(9)34(42)31(37)24(7)11-2/h10,12-16,21-25,27,29-31H,1,11,17-20,37H2,2-9H3,(H,38,41)/t24-,25-,27+,29+,30+,31-/m0/s1. The molecule has 0 saturated carbocycles. The first kappa shape index (κ1) is 39.6. The van der Waals surface area contributed by atoms with Crippen LogP contribution in [0.5, 0.6) is 0 Å². The number of nitrogens with one attached hydrogen (secondary N) is 1. The molecule has 47 heavy (non-hydrogen) atoms. The molecular formula is C36H54N4O6S. The van der Waals surface area contributed by atoms with E-state index in [1.54, 1.807) is 38.1 Å². The molecule has 0 fully saturated rings. The van der Waals surface area contributed by atoms with Gasteiger partial charge in [0.1, 0.15) is 17.3 Å². The third-order valence-corrected chi connectivity index (χ3v) is 9.35. The summed E-state index contributed by atoms with van der Waals surface area (Å²) in [5, 5.41) is 5.16. The van der Waals surface area contributed by atoms with Crippen molar-refractivity contribution in [2.24, 2.45) is 29.4 Å². The van der Waals surface area contributed by atoms with Crippen molar-refractivity contribution in [2.45, 2.75) is 98.4 Å². The second-order valence-corrected chi connectivity index (χ2v) is 13.9. The summed E-state index contributed by atoms with van der Waals surface area (Å²) in [6.45, 7) is 16.9. The van der Waals surface area contributed by atoms with Gasteiger partial charge in [0, 0.05) is 30.9 Å². The Hall–Kier alpha value is -3.57. The molecule has 11 heteroatoms. The van der Waals surface area contributed by atoms with Gasteiger partial charge in [0.2, 0.25) is 5.91 Å². The second kappa shape index (κ2) is 19.3. The van der Waals surface area contributed by atoms with Crippen LogP contribution in [0.4, 0.5) is 0 Å². The molecule has 1 aromatic heterocycles. The Labute approximate surface area is 284 Å². The first-order valence-corrected chi connectivity index (χ1v) is 17.4. The summed E-state index contributed by atoms with van der Waals surface area (Å²) < 4.78 is 11.2. The number of ether oxygens (including phenoxy) is 2. The molecule has 2 aromatic rings. The molecule has 0 spiro atoms. The molecule has 1 aromatic carbocycles. The summed E-state index contributed by atoms with van der Waals surface area (Å²) in [4.78, 5) is 58.5. The highest BCUT2D eigenvalue weighted by Gasteiger charge is 2.34. The van der Waals surface area contributed by atoms with E-state index >= 15 is 0 Å². The molecule has 2 rings (SSSR count). The number of carbonyl (C=O) groups is 4. The summed E-state index contributed by atoms with van der Waals surface area (Å²) in [6.07, 6.45) is 2.67. The maximum Gasteiger partial charge on any atom is 0.309 e. The van der Waals surface area contributed by atoms with Gasteiger partial charge in [-0.3, -0.25) is 19.2 Å². The SMILES string of the molecule is C=CCOC(=O)[C@@H](C)C[C@H](Cc1ccccc1)NC(=O)c1csc([C@@H](C[C@H](C(C)C)N(C)C(=O)[C@@H](N)[C@@H](C)CC)OC(=O)C(C)C)n1. The van der Waals surface area contributed by atoms with Crippen LogP contribution in [-0.2, 0) is 30.3 Å². The number of carbonyl (C=O) groups excluding carboxylic acids is 4. The number of thiazole rings is 1. The molecule has 0 unspecified atom stereocenters. The fourth-order valence-corrected chi connectivity index (χ4v) is 6.00. The molecule has 260 valence electrons. The highest BCUT2D eigenvalue weighted by molar-refractivity contribution is 7.09. The van der Waals surface area contributed by atoms with E-state index in [1.807, 2.05) is 58.0 Å². The van der Waals surface area contributed by atoms with Crippen LogP contribution in [0.15, 0.2) is 48.4 Å². The molecule has 3 N–H and O–H groups in total. The average Bonchev–Trinajstić information content (AvgIpc) is 3.54. The van der Waals surface area contributed by atoms with Gasteiger partial charge in [0.25, 0.3) is 5.91 Å². The predicted octanol–water partition coefficient (Wildman–Crippen LogP) is 5.73. The first-order valence-electron chi connectivity index (χ1n) is 16.5. The minimum absolute atomic E-state index is 0.0128. The lowest BCUT2D eigenvalue weighted by atomic mass is 9.93. The van der Waals surface area contributed by atoms with E-state index in [4.69, 9.17) is 15.2 Å². The molecular weight excluding hydrogens is 616 g/mol. The van der Waals surface area contributed by atoms with E-state index in [9.17, 15) is 19.2 Å². The molecule has 6 atom stereocenters. The van der Waals surface area contributed by atoms with Crippen LogP contribution < -0.4 is 11.1 Å². The van der Waals surface area contributed by atoms with E-state index in [1.165, 1.54) is 17.4 Å². The predicted molar refractivity (Wildman–Crippen MR) is 186 cm³/mol. The van der Waals surface area contributed by atoms with Crippen molar-refractivity contribution < 1.29 is 28.7 Å². The quantitative estimate of drug-likeness (QED) is 0.143. The number of rotatable bonds is 19. The summed E-state index contributed by atoms with van der Waals surface area (Å²) in [7, 11) is 1.73. The Balaban J connectivity index is 2.33. The van der Waals surface area contributed by atoms with Crippen molar-refractivity contribution >= 4 is 35.1 Å². The van der Waals surface area contributed by atoms with Crippen LogP contribution in [0, 0.1) is 23.7 Å². The normalized spacial score (nSPS) is 15.2. The average molecular weight is 671 g/mol. The van der Waals surface area contributed by atoms with E-state index in [0.717, 1.165) is 12.0 Å². The molecule has 0 aliphatic carbocycles. The summed E-state index contributed by atoms with van der Waals surface area (Å²) in [6, 6.07) is 8.38. The fourth-order valence-electron chi connectivity index (χ4n) is 5.17. The highest BCUT2D eigenvalue weighted by Crippen LogP contribution is 2.31. The van der Waals surface area contributed by atoms with Crippen LogP contribution in [0.1, 0.15) is 94.9 Å². The van der Waals surface area contributed by atoms with Crippen LogP contribution in [-0.4, -0.2) is 65.4 Å². The summed E-state index contributed by atoms with van der Waals surface area (Å²) in [5.41, 5.74) is 7.49. The summed E-state index contributed by atoms with van der Waals surface area (Å²) in [5.74, 6) is -2.14. The van der Waals surface area contributed by atoms with E-state index in [2.05, 4.69) is 16.9 Å². The topological polar surface area (TPSA) is 141 Å². The Bertz CT molecular complexity index is 1310. The second-order valence-electron chi connectivity index (χ2n) is 13.0. The molecule has 0 bridgehead atoms. The van der Waals surface area contributed by atoms with Crippen molar-refractivity contribution in [2.75, 3.05) is 13.7 Å². The van der Waals surface area contributed by atoms with Gasteiger partial charge in [0.15, 0.2) is 6.10 Å². The molecule has 10 nitrogen and oxygen atoms in total. The van der Waals surface area contributed by atoms with Crippen LogP contribution in [0.25, 0.3) is 0 Å². The third kappa shape index (κ3) is 12.2. The smallest absolute Gasteiger partial charge is 0.309 e. The van der Waals surface area contributed by atoms with Crippen molar-refractivity contribution in [1.82, 2.24) is 15.2 Å². The van der Waals surface area contributed by atoms with Gasteiger partial charge in [-0.15, -0.1) is 11.3 Å². The number of hydrogen-bond donors (Lipinski definition) is 2. The van der Waals surface area contributed by atoms with E-state index in [-0.39, 0.29) is 54.0 Å². The maximum absolute atomic E-state index is 13.6. The lowest BCUT2D eigenvalue weighted by Gasteiger charge is -2.36.